The summed E-state index contributed by atoms with van der Waals surface area (Å²) in [5.41, 5.74) is 2.99. The first-order valence-corrected chi connectivity index (χ1v) is 8.95. The number of para-hydroxylation sites is 1. The number of carbonyl (C=O) groups excluding carboxylic acids is 2. The van der Waals surface area contributed by atoms with E-state index in [1.165, 1.54) is 12.1 Å². The number of hydrogen-bond acceptors (Lipinski definition) is 4. The Hall–Kier alpha value is -3.28. The van der Waals surface area contributed by atoms with Crippen LogP contribution in [0.5, 0.6) is 0 Å². The summed E-state index contributed by atoms with van der Waals surface area (Å²) in [6.45, 7) is 0. The fourth-order valence-electron chi connectivity index (χ4n) is 3.98. The third kappa shape index (κ3) is 3.03. The summed E-state index contributed by atoms with van der Waals surface area (Å²) in [6, 6.07) is 15.5. The van der Waals surface area contributed by atoms with Crippen molar-refractivity contribution < 1.29 is 14.5 Å². The molecule has 0 unspecified atom stereocenters. The number of anilines is 1. The first kappa shape index (κ1) is 17.1. The summed E-state index contributed by atoms with van der Waals surface area (Å²) in [5.74, 6) is -0.341. The summed E-state index contributed by atoms with van der Waals surface area (Å²) in [6.07, 6.45) is 2.04. The van der Waals surface area contributed by atoms with Crippen LogP contribution in [0.2, 0.25) is 0 Å². The Kier molecular flexibility index (Phi) is 4.32. The van der Waals surface area contributed by atoms with Crippen molar-refractivity contribution in [2.45, 2.75) is 31.6 Å². The molecule has 0 saturated carbocycles. The molecule has 0 N–H and O–H groups in total. The lowest BCUT2D eigenvalue weighted by Crippen LogP contribution is -2.40. The molecule has 2 aliphatic rings. The minimum Gasteiger partial charge on any atom is -0.294 e. The van der Waals surface area contributed by atoms with Gasteiger partial charge in [0.15, 0.2) is 5.78 Å². The molecule has 1 atom stereocenters. The Morgan fingerprint density at radius 2 is 1.67 bits per heavy atom. The van der Waals surface area contributed by atoms with E-state index in [2.05, 4.69) is 0 Å². The van der Waals surface area contributed by atoms with Crippen molar-refractivity contribution >= 4 is 23.1 Å². The first-order chi connectivity index (χ1) is 13.1. The van der Waals surface area contributed by atoms with Gasteiger partial charge in [0.25, 0.3) is 5.69 Å². The lowest BCUT2D eigenvalue weighted by molar-refractivity contribution is -0.384. The number of non-ortho nitro benzene ring substituents is 1. The van der Waals surface area contributed by atoms with Gasteiger partial charge in [-0.1, -0.05) is 30.3 Å². The van der Waals surface area contributed by atoms with Crippen molar-refractivity contribution in [2.24, 2.45) is 0 Å². The summed E-state index contributed by atoms with van der Waals surface area (Å²) >= 11 is 0. The van der Waals surface area contributed by atoms with Crippen LogP contribution in [0, 0.1) is 10.1 Å². The van der Waals surface area contributed by atoms with Crippen LogP contribution < -0.4 is 4.90 Å². The minimum absolute atomic E-state index is 0.00373. The highest BCUT2D eigenvalue weighted by atomic mass is 16.6. The minimum atomic E-state index is -0.455. The maximum absolute atomic E-state index is 13.0. The summed E-state index contributed by atoms with van der Waals surface area (Å²) in [5, 5.41) is 10.9. The van der Waals surface area contributed by atoms with Crippen molar-refractivity contribution in [3.8, 4) is 0 Å². The maximum atomic E-state index is 13.0. The SMILES string of the molecule is O=C1CCCC2=C1[C@@H](c1ccc([N+](=O)[O-])cc1)CC(=O)N2c1ccccc1. The second-order valence-electron chi connectivity index (χ2n) is 6.81. The quantitative estimate of drug-likeness (QED) is 0.607. The normalized spacial score (nSPS) is 19.9. The molecule has 0 bridgehead atoms. The van der Waals surface area contributed by atoms with Crippen LogP contribution in [0.3, 0.4) is 0 Å². The highest BCUT2D eigenvalue weighted by Gasteiger charge is 2.39. The van der Waals surface area contributed by atoms with Gasteiger partial charge in [-0.2, -0.15) is 0 Å². The first-order valence-electron chi connectivity index (χ1n) is 8.95. The molecule has 1 heterocycles. The molecule has 0 aromatic heterocycles. The number of carbonyl (C=O) groups is 2. The second kappa shape index (κ2) is 6.79. The smallest absolute Gasteiger partial charge is 0.269 e. The Labute approximate surface area is 156 Å². The fraction of sp³-hybridized carbons (Fsp3) is 0.238. The lowest BCUT2D eigenvalue weighted by Gasteiger charge is -2.38. The summed E-state index contributed by atoms with van der Waals surface area (Å²) in [4.78, 5) is 37.9. The Bertz CT molecular complexity index is 948. The van der Waals surface area contributed by atoms with Crippen LogP contribution in [-0.4, -0.2) is 16.6 Å². The number of nitrogens with zero attached hydrogens (tertiary/aromatic N) is 2. The zero-order valence-electron chi connectivity index (χ0n) is 14.6. The molecular formula is C21H18N2O4. The average molecular weight is 362 g/mol. The number of Topliss-reactive ketones (excluding diaryl/α,β-unsaturated/α-hetero) is 1. The second-order valence-corrected chi connectivity index (χ2v) is 6.81. The topological polar surface area (TPSA) is 80.5 Å². The van der Waals surface area contributed by atoms with E-state index >= 15 is 0 Å². The predicted molar refractivity (Wildman–Crippen MR) is 100 cm³/mol. The summed E-state index contributed by atoms with van der Waals surface area (Å²) < 4.78 is 0. The van der Waals surface area contributed by atoms with Crippen LogP contribution >= 0.6 is 0 Å². The number of ketones is 1. The molecule has 6 heteroatoms. The monoisotopic (exact) mass is 362 g/mol. The van der Waals surface area contributed by atoms with E-state index in [1.807, 2.05) is 30.3 Å². The number of benzene rings is 2. The Morgan fingerprint density at radius 1 is 0.963 bits per heavy atom. The average Bonchev–Trinajstić information content (AvgIpc) is 2.68. The molecule has 0 saturated heterocycles. The molecule has 2 aromatic carbocycles. The molecule has 27 heavy (non-hydrogen) atoms. The third-order valence-electron chi connectivity index (χ3n) is 5.20. The van der Waals surface area contributed by atoms with Crippen molar-refractivity contribution in [1.82, 2.24) is 0 Å². The van der Waals surface area contributed by atoms with Gasteiger partial charge >= 0.3 is 0 Å². The number of nitro benzene ring substituents is 1. The van der Waals surface area contributed by atoms with E-state index in [1.54, 1.807) is 17.0 Å². The van der Waals surface area contributed by atoms with Crippen LogP contribution in [0.4, 0.5) is 11.4 Å². The zero-order chi connectivity index (χ0) is 19.0. The fourth-order valence-corrected chi connectivity index (χ4v) is 3.98. The largest absolute Gasteiger partial charge is 0.294 e. The molecule has 2 aromatic rings. The molecule has 0 radical (unpaired) electrons. The van der Waals surface area contributed by atoms with Gasteiger partial charge in [-0.3, -0.25) is 24.6 Å². The van der Waals surface area contributed by atoms with Crippen molar-refractivity contribution in [2.75, 3.05) is 4.90 Å². The third-order valence-corrected chi connectivity index (χ3v) is 5.20. The Balaban J connectivity index is 1.81. The molecular weight excluding hydrogens is 344 g/mol. The molecule has 4 rings (SSSR count). The van der Waals surface area contributed by atoms with Crippen molar-refractivity contribution in [1.29, 1.82) is 0 Å². The molecule has 0 spiro atoms. The van der Waals surface area contributed by atoms with Gasteiger partial charge in [0.1, 0.15) is 0 Å². The number of amides is 1. The number of hydrogen-bond donors (Lipinski definition) is 0. The lowest BCUT2D eigenvalue weighted by atomic mass is 9.77. The number of nitro groups is 1. The van der Waals surface area contributed by atoms with Crippen LogP contribution in [0.1, 0.15) is 37.2 Å². The molecule has 1 aliphatic carbocycles. The highest BCUT2D eigenvalue weighted by molar-refractivity contribution is 6.07. The van der Waals surface area contributed by atoms with Gasteiger partial charge in [-0.25, -0.2) is 0 Å². The number of rotatable bonds is 3. The molecule has 1 amide bonds. The van der Waals surface area contributed by atoms with E-state index in [-0.39, 0.29) is 29.7 Å². The maximum Gasteiger partial charge on any atom is 0.269 e. The van der Waals surface area contributed by atoms with Gasteiger partial charge in [0.2, 0.25) is 5.91 Å². The highest BCUT2D eigenvalue weighted by Crippen LogP contribution is 2.43. The van der Waals surface area contributed by atoms with E-state index in [9.17, 15) is 19.7 Å². The van der Waals surface area contributed by atoms with Crippen LogP contribution in [0.25, 0.3) is 0 Å². The van der Waals surface area contributed by atoms with Gasteiger partial charge in [-0.05, 0) is 30.5 Å². The van der Waals surface area contributed by atoms with E-state index < -0.39 is 4.92 Å². The Morgan fingerprint density at radius 3 is 2.33 bits per heavy atom. The van der Waals surface area contributed by atoms with Gasteiger partial charge in [-0.15, -0.1) is 0 Å². The van der Waals surface area contributed by atoms with E-state index in [4.69, 9.17) is 0 Å². The molecule has 1 aliphatic heterocycles. The molecule has 0 fully saturated rings. The van der Waals surface area contributed by atoms with Gasteiger partial charge in [0.05, 0.1) is 4.92 Å². The van der Waals surface area contributed by atoms with E-state index in [0.29, 0.717) is 18.4 Å². The van der Waals surface area contributed by atoms with Crippen LogP contribution in [0.15, 0.2) is 65.9 Å². The predicted octanol–water partition coefficient (Wildman–Crippen LogP) is 4.12. The molecule has 136 valence electrons. The van der Waals surface area contributed by atoms with Crippen LogP contribution in [-0.2, 0) is 9.59 Å². The van der Waals surface area contributed by atoms with Crippen molar-refractivity contribution in [3.05, 3.63) is 81.5 Å². The number of allylic oxidation sites excluding steroid dienone is 2. The molecule has 6 nitrogen and oxygen atoms in total. The zero-order valence-corrected chi connectivity index (χ0v) is 14.6. The standard InChI is InChI=1S/C21H18N2O4/c24-19-8-4-7-18-21(19)17(14-9-11-16(12-10-14)23(26)27)13-20(25)22(18)15-5-2-1-3-6-15/h1-3,5-6,9-12,17H,4,7-8,13H2/t17-/m1/s1. The van der Waals surface area contributed by atoms with Gasteiger partial charge < -0.3 is 0 Å². The van der Waals surface area contributed by atoms with Crippen molar-refractivity contribution in [3.63, 3.8) is 0 Å². The summed E-state index contributed by atoms with van der Waals surface area (Å²) in [7, 11) is 0. The van der Waals surface area contributed by atoms with Gasteiger partial charge in [0, 0.05) is 47.8 Å². The van der Waals surface area contributed by atoms with E-state index in [0.717, 1.165) is 23.4 Å².